The SMILES string of the molecule is CC(C)(C)c1cc2ncsc2s1. The van der Waals surface area contributed by atoms with Crippen LogP contribution < -0.4 is 0 Å². The Labute approximate surface area is 80.1 Å². The van der Waals surface area contributed by atoms with Crippen LogP contribution in [0.1, 0.15) is 25.6 Å². The average molecular weight is 197 g/mol. The van der Waals surface area contributed by atoms with Gasteiger partial charge in [0.25, 0.3) is 0 Å². The number of aromatic nitrogens is 1. The molecule has 2 rings (SSSR count). The van der Waals surface area contributed by atoms with Crippen molar-refractivity contribution in [3.8, 4) is 0 Å². The van der Waals surface area contributed by atoms with Crippen LogP contribution in [0.15, 0.2) is 11.6 Å². The van der Waals surface area contributed by atoms with Gasteiger partial charge < -0.3 is 0 Å². The number of hydrogen-bond acceptors (Lipinski definition) is 3. The third-order valence-electron chi connectivity index (χ3n) is 1.77. The van der Waals surface area contributed by atoms with E-state index in [4.69, 9.17) is 0 Å². The predicted octanol–water partition coefficient (Wildman–Crippen LogP) is 3.66. The first-order valence-electron chi connectivity index (χ1n) is 3.91. The number of rotatable bonds is 0. The first-order valence-corrected chi connectivity index (χ1v) is 5.60. The molecule has 2 aromatic heterocycles. The Kier molecular flexibility index (Phi) is 1.73. The highest BCUT2D eigenvalue weighted by molar-refractivity contribution is 7.37. The summed E-state index contributed by atoms with van der Waals surface area (Å²) in [6.45, 7) is 6.72. The highest BCUT2D eigenvalue weighted by Crippen LogP contribution is 2.35. The van der Waals surface area contributed by atoms with Crippen molar-refractivity contribution < 1.29 is 0 Å². The lowest BCUT2D eigenvalue weighted by Crippen LogP contribution is -2.07. The van der Waals surface area contributed by atoms with Crippen molar-refractivity contribution in [2.45, 2.75) is 26.2 Å². The van der Waals surface area contributed by atoms with Gasteiger partial charge >= 0.3 is 0 Å². The third kappa shape index (κ3) is 1.27. The van der Waals surface area contributed by atoms with Gasteiger partial charge in [-0.05, 0) is 11.5 Å². The van der Waals surface area contributed by atoms with Crippen LogP contribution in [0.4, 0.5) is 0 Å². The van der Waals surface area contributed by atoms with Crippen molar-refractivity contribution in [2.24, 2.45) is 0 Å². The zero-order chi connectivity index (χ0) is 8.77. The highest BCUT2D eigenvalue weighted by atomic mass is 32.2. The van der Waals surface area contributed by atoms with Crippen molar-refractivity contribution in [2.75, 3.05) is 0 Å². The normalized spacial score (nSPS) is 12.6. The zero-order valence-corrected chi connectivity index (χ0v) is 9.05. The second kappa shape index (κ2) is 2.54. The van der Waals surface area contributed by atoms with Gasteiger partial charge in [-0.1, -0.05) is 20.8 Å². The van der Waals surface area contributed by atoms with Gasteiger partial charge in [0.05, 0.1) is 11.0 Å². The lowest BCUT2D eigenvalue weighted by molar-refractivity contribution is 0.604. The fourth-order valence-corrected chi connectivity index (χ4v) is 3.02. The van der Waals surface area contributed by atoms with E-state index in [1.165, 1.54) is 8.89 Å². The first-order chi connectivity index (χ1) is 5.57. The summed E-state index contributed by atoms with van der Waals surface area (Å²) in [5.74, 6) is 0. The Morgan fingerprint density at radius 3 is 2.67 bits per heavy atom. The minimum atomic E-state index is 0.269. The van der Waals surface area contributed by atoms with Crippen LogP contribution in [-0.4, -0.2) is 4.98 Å². The summed E-state index contributed by atoms with van der Waals surface area (Å²) >= 11 is 3.60. The summed E-state index contributed by atoms with van der Waals surface area (Å²) in [5, 5.41) is 0. The van der Waals surface area contributed by atoms with E-state index in [1.807, 2.05) is 16.8 Å². The maximum absolute atomic E-state index is 4.28. The van der Waals surface area contributed by atoms with E-state index < -0.39 is 0 Å². The number of fused-ring (bicyclic) bond motifs is 1. The molecule has 0 saturated carbocycles. The lowest BCUT2D eigenvalue weighted by atomic mass is 9.95. The molecule has 64 valence electrons. The van der Waals surface area contributed by atoms with Gasteiger partial charge in [0.1, 0.15) is 4.01 Å². The number of thiophene rings is 1. The Morgan fingerprint density at radius 1 is 1.33 bits per heavy atom. The molecule has 1 nitrogen and oxygen atoms in total. The monoisotopic (exact) mass is 197 g/mol. The molecule has 12 heavy (non-hydrogen) atoms. The molecule has 0 fully saturated rings. The number of hydrogen-bond donors (Lipinski definition) is 0. The van der Waals surface area contributed by atoms with Gasteiger partial charge in [0.15, 0.2) is 0 Å². The lowest BCUT2D eigenvalue weighted by Gasteiger charge is -2.14. The molecule has 0 aliphatic carbocycles. The minimum Gasteiger partial charge on any atom is -0.244 e. The van der Waals surface area contributed by atoms with Crippen LogP contribution in [0.3, 0.4) is 0 Å². The van der Waals surface area contributed by atoms with Gasteiger partial charge in [-0.3, -0.25) is 0 Å². The Morgan fingerprint density at radius 2 is 2.08 bits per heavy atom. The number of nitrogens with zero attached hydrogens (tertiary/aromatic N) is 1. The van der Waals surface area contributed by atoms with Crippen LogP contribution in [0.5, 0.6) is 0 Å². The second-order valence-electron chi connectivity index (χ2n) is 3.89. The van der Waals surface area contributed by atoms with Crippen LogP contribution in [0.2, 0.25) is 0 Å². The molecule has 3 heteroatoms. The topological polar surface area (TPSA) is 12.9 Å². The summed E-state index contributed by atoms with van der Waals surface area (Å²) < 4.78 is 1.35. The third-order valence-corrected chi connectivity index (χ3v) is 4.29. The molecule has 0 unspecified atom stereocenters. The van der Waals surface area contributed by atoms with E-state index in [0.717, 1.165) is 5.52 Å². The van der Waals surface area contributed by atoms with Gasteiger partial charge in [-0.25, -0.2) is 4.98 Å². The molecule has 0 spiro atoms. The summed E-state index contributed by atoms with van der Waals surface area (Å²) in [5.41, 5.74) is 3.34. The van der Waals surface area contributed by atoms with Crippen LogP contribution >= 0.6 is 22.7 Å². The molecule has 0 aromatic carbocycles. The van der Waals surface area contributed by atoms with Gasteiger partial charge in [-0.15, -0.1) is 22.7 Å². The summed E-state index contributed by atoms with van der Waals surface area (Å²) in [7, 11) is 0. The van der Waals surface area contributed by atoms with Crippen LogP contribution in [0.25, 0.3) is 9.53 Å². The Balaban J connectivity index is 2.59. The van der Waals surface area contributed by atoms with Gasteiger partial charge in [0, 0.05) is 4.88 Å². The Bertz CT molecular complexity index is 363. The van der Waals surface area contributed by atoms with E-state index in [2.05, 4.69) is 31.8 Å². The van der Waals surface area contributed by atoms with Crippen molar-refractivity contribution in [1.29, 1.82) is 0 Å². The second-order valence-corrected chi connectivity index (χ2v) is 6.05. The molecule has 0 radical (unpaired) electrons. The molecule has 0 atom stereocenters. The maximum atomic E-state index is 4.28. The van der Waals surface area contributed by atoms with Crippen molar-refractivity contribution in [1.82, 2.24) is 4.98 Å². The molecular formula is C9H11NS2. The van der Waals surface area contributed by atoms with Crippen molar-refractivity contribution in [3.05, 3.63) is 16.5 Å². The standard InChI is InChI=1S/C9H11NS2/c1-9(2,3)7-4-6-8(12-7)11-5-10-6/h4-5H,1-3H3. The molecule has 2 aromatic rings. The molecule has 0 N–H and O–H groups in total. The molecule has 0 aliphatic heterocycles. The van der Waals surface area contributed by atoms with Crippen molar-refractivity contribution in [3.63, 3.8) is 0 Å². The maximum Gasteiger partial charge on any atom is 0.107 e. The quantitative estimate of drug-likeness (QED) is 0.628. The fraction of sp³-hybridized carbons (Fsp3) is 0.444. The number of thiazole rings is 1. The zero-order valence-electron chi connectivity index (χ0n) is 7.42. The van der Waals surface area contributed by atoms with Crippen LogP contribution in [0, 0.1) is 0 Å². The van der Waals surface area contributed by atoms with E-state index in [1.54, 1.807) is 11.3 Å². The highest BCUT2D eigenvalue weighted by Gasteiger charge is 2.17. The fourth-order valence-electron chi connectivity index (χ4n) is 1.04. The summed E-state index contributed by atoms with van der Waals surface area (Å²) in [6, 6.07) is 2.20. The van der Waals surface area contributed by atoms with Gasteiger partial charge in [-0.2, -0.15) is 0 Å². The first kappa shape index (κ1) is 8.20. The molecular weight excluding hydrogens is 186 g/mol. The van der Waals surface area contributed by atoms with Gasteiger partial charge in [0.2, 0.25) is 0 Å². The van der Waals surface area contributed by atoms with E-state index in [-0.39, 0.29) is 5.41 Å². The average Bonchev–Trinajstić information content (AvgIpc) is 2.37. The Hall–Kier alpha value is -0.410. The summed E-state index contributed by atoms with van der Waals surface area (Å²) in [4.78, 5) is 5.71. The molecule has 0 saturated heterocycles. The van der Waals surface area contributed by atoms with Crippen LogP contribution in [-0.2, 0) is 5.41 Å². The molecule has 2 heterocycles. The minimum absolute atomic E-state index is 0.269. The van der Waals surface area contributed by atoms with E-state index in [0.29, 0.717) is 0 Å². The molecule has 0 amide bonds. The largest absolute Gasteiger partial charge is 0.244 e. The molecule has 0 aliphatic rings. The summed E-state index contributed by atoms with van der Waals surface area (Å²) in [6.07, 6.45) is 0. The molecule has 0 bridgehead atoms. The smallest absolute Gasteiger partial charge is 0.107 e. The predicted molar refractivity (Wildman–Crippen MR) is 56.2 cm³/mol. The van der Waals surface area contributed by atoms with Crippen molar-refractivity contribution >= 4 is 32.2 Å². The van der Waals surface area contributed by atoms with E-state index >= 15 is 0 Å². The van der Waals surface area contributed by atoms with E-state index in [9.17, 15) is 0 Å².